The summed E-state index contributed by atoms with van der Waals surface area (Å²) >= 11 is 3.57. The van der Waals surface area contributed by atoms with Crippen LogP contribution in [0.2, 0.25) is 0 Å². The number of ether oxygens (including phenoxy) is 2. The normalized spacial score (nSPS) is 13.0. The molecule has 20 heavy (non-hydrogen) atoms. The summed E-state index contributed by atoms with van der Waals surface area (Å²) in [4.78, 5) is 4.62. The molecule has 0 fully saturated rings. The van der Waals surface area contributed by atoms with Gasteiger partial charge in [-0.2, -0.15) is 0 Å². The zero-order chi connectivity index (χ0) is 14.3. The number of aliphatic hydroxyl groups is 1. The summed E-state index contributed by atoms with van der Waals surface area (Å²) in [6.45, 7) is 2.36. The van der Waals surface area contributed by atoms with Crippen LogP contribution in [-0.4, -0.2) is 28.1 Å². The molecular formula is C14H15BrN2O3. The highest BCUT2D eigenvalue weighted by Gasteiger charge is 2.20. The van der Waals surface area contributed by atoms with Crippen LogP contribution in [0.5, 0.6) is 11.5 Å². The highest BCUT2D eigenvalue weighted by Crippen LogP contribution is 2.40. The van der Waals surface area contributed by atoms with Gasteiger partial charge in [-0.25, -0.2) is 4.98 Å². The average Bonchev–Trinajstić information content (AvgIpc) is 2.97. The second-order valence-corrected chi connectivity index (χ2v) is 5.47. The number of aromatic nitrogens is 2. The summed E-state index contributed by atoms with van der Waals surface area (Å²) in [6, 6.07) is 3.91. The summed E-state index contributed by atoms with van der Waals surface area (Å²) in [5, 5.41) is 9.09. The van der Waals surface area contributed by atoms with E-state index < -0.39 is 0 Å². The smallest absolute Gasteiger partial charge is 0.231 e. The number of benzene rings is 1. The molecule has 2 aromatic rings. The molecule has 106 valence electrons. The molecule has 1 N–H and O–H groups in total. The van der Waals surface area contributed by atoms with E-state index in [-0.39, 0.29) is 13.4 Å². The minimum Gasteiger partial charge on any atom is -0.454 e. The maximum atomic E-state index is 9.09. The Morgan fingerprint density at radius 1 is 1.35 bits per heavy atom. The number of hydrogen-bond acceptors (Lipinski definition) is 4. The number of imidazole rings is 1. The predicted octanol–water partition coefficient (Wildman–Crippen LogP) is 2.42. The first-order chi connectivity index (χ1) is 9.61. The molecule has 0 aliphatic carbocycles. The fourth-order valence-corrected chi connectivity index (χ4v) is 2.82. The minimum absolute atomic E-state index is 0.0802. The number of halogens is 1. The van der Waals surface area contributed by atoms with E-state index in [1.54, 1.807) is 0 Å². The summed E-state index contributed by atoms with van der Waals surface area (Å²) < 4.78 is 13.6. The van der Waals surface area contributed by atoms with E-state index in [1.165, 1.54) is 0 Å². The quantitative estimate of drug-likeness (QED) is 0.933. The van der Waals surface area contributed by atoms with Gasteiger partial charge >= 0.3 is 0 Å². The largest absolute Gasteiger partial charge is 0.454 e. The fourth-order valence-electron chi connectivity index (χ4n) is 2.32. The number of nitrogens with zero attached hydrogens (tertiary/aromatic N) is 2. The minimum atomic E-state index is 0.0802. The van der Waals surface area contributed by atoms with Crippen molar-refractivity contribution in [3.63, 3.8) is 0 Å². The fraction of sp³-hybridized carbons (Fsp3) is 0.357. The first-order valence-electron chi connectivity index (χ1n) is 6.34. The Morgan fingerprint density at radius 3 is 2.75 bits per heavy atom. The summed E-state index contributed by atoms with van der Waals surface area (Å²) in [5.41, 5.74) is 2.93. The van der Waals surface area contributed by atoms with Crippen molar-refractivity contribution in [2.24, 2.45) is 7.05 Å². The van der Waals surface area contributed by atoms with Gasteiger partial charge in [0.05, 0.1) is 6.61 Å². The van der Waals surface area contributed by atoms with Crippen molar-refractivity contribution in [2.75, 3.05) is 13.4 Å². The second-order valence-electron chi connectivity index (χ2n) is 4.72. The zero-order valence-corrected chi connectivity index (χ0v) is 12.9. The molecule has 1 aliphatic heterocycles. The zero-order valence-electron chi connectivity index (χ0n) is 11.3. The van der Waals surface area contributed by atoms with E-state index in [4.69, 9.17) is 14.6 Å². The molecule has 1 aliphatic rings. The number of aryl methyl sites for hydroxylation is 1. The average molecular weight is 339 g/mol. The van der Waals surface area contributed by atoms with Gasteiger partial charge in [-0.15, -0.1) is 0 Å². The first-order valence-corrected chi connectivity index (χ1v) is 7.13. The monoisotopic (exact) mass is 338 g/mol. The third-order valence-corrected chi connectivity index (χ3v) is 4.34. The number of aliphatic hydroxyl groups excluding tert-OH is 1. The van der Waals surface area contributed by atoms with E-state index in [0.717, 1.165) is 38.7 Å². The Kier molecular flexibility index (Phi) is 3.43. The molecule has 0 amide bonds. The molecular weight excluding hydrogens is 324 g/mol. The molecule has 0 saturated heterocycles. The highest BCUT2D eigenvalue weighted by atomic mass is 79.9. The molecule has 1 aromatic carbocycles. The number of hydrogen-bond donors (Lipinski definition) is 1. The second kappa shape index (κ2) is 5.10. The molecule has 0 spiro atoms. The lowest BCUT2D eigenvalue weighted by molar-refractivity contribution is 0.174. The van der Waals surface area contributed by atoms with Crippen LogP contribution < -0.4 is 9.47 Å². The Hall–Kier alpha value is -1.53. The van der Waals surface area contributed by atoms with Gasteiger partial charge in [-0.1, -0.05) is 0 Å². The first kappa shape index (κ1) is 13.5. The van der Waals surface area contributed by atoms with Crippen LogP contribution in [0.15, 0.2) is 16.7 Å². The standard InChI is InChI=1S/C14H15BrN2O3/c1-8-5-10-11(20-7-19-10)6-9(8)13-14(15)17(2)12(16-13)3-4-18/h5-6,18H,3-4,7H2,1-2H3. The highest BCUT2D eigenvalue weighted by molar-refractivity contribution is 9.10. The van der Waals surface area contributed by atoms with E-state index in [9.17, 15) is 0 Å². The van der Waals surface area contributed by atoms with Crippen molar-refractivity contribution >= 4 is 15.9 Å². The van der Waals surface area contributed by atoms with Crippen molar-refractivity contribution in [3.05, 3.63) is 28.1 Å². The predicted molar refractivity (Wildman–Crippen MR) is 78.0 cm³/mol. The Balaban J connectivity index is 2.11. The lowest BCUT2D eigenvalue weighted by atomic mass is 10.1. The summed E-state index contributed by atoms with van der Waals surface area (Å²) in [5.74, 6) is 2.35. The van der Waals surface area contributed by atoms with E-state index >= 15 is 0 Å². The number of rotatable bonds is 3. The van der Waals surface area contributed by atoms with Gasteiger partial charge in [0.25, 0.3) is 0 Å². The molecule has 5 nitrogen and oxygen atoms in total. The van der Waals surface area contributed by atoms with Crippen LogP contribution in [0.25, 0.3) is 11.3 Å². The SMILES string of the molecule is Cc1cc2c(cc1-c1nc(CCO)n(C)c1Br)OCO2. The molecule has 0 atom stereocenters. The topological polar surface area (TPSA) is 56.5 Å². The van der Waals surface area contributed by atoms with Crippen molar-refractivity contribution in [1.29, 1.82) is 0 Å². The number of fused-ring (bicyclic) bond motifs is 1. The lowest BCUT2D eigenvalue weighted by Crippen LogP contribution is -2.00. The van der Waals surface area contributed by atoms with Crippen molar-refractivity contribution in [1.82, 2.24) is 9.55 Å². The molecule has 2 heterocycles. The van der Waals surface area contributed by atoms with Crippen LogP contribution in [0, 0.1) is 6.92 Å². The van der Waals surface area contributed by atoms with Gasteiger partial charge in [0.1, 0.15) is 16.1 Å². The van der Waals surface area contributed by atoms with Gasteiger partial charge in [-0.3, -0.25) is 0 Å². The lowest BCUT2D eigenvalue weighted by Gasteiger charge is -2.06. The van der Waals surface area contributed by atoms with Gasteiger partial charge in [-0.05, 0) is 40.5 Å². The van der Waals surface area contributed by atoms with Crippen LogP contribution in [-0.2, 0) is 13.5 Å². The van der Waals surface area contributed by atoms with Gasteiger partial charge in [0.2, 0.25) is 6.79 Å². The van der Waals surface area contributed by atoms with Crippen molar-refractivity contribution in [3.8, 4) is 22.8 Å². The van der Waals surface area contributed by atoms with Gasteiger partial charge in [0.15, 0.2) is 11.5 Å². The molecule has 0 unspecified atom stereocenters. The van der Waals surface area contributed by atoms with Gasteiger partial charge < -0.3 is 19.1 Å². The molecule has 0 saturated carbocycles. The van der Waals surface area contributed by atoms with E-state index in [1.807, 2.05) is 30.7 Å². The molecule has 0 bridgehead atoms. The van der Waals surface area contributed by atoms with E-state index in [0.29, 0.717) is 6.42 Å². The molecule has 0 radical (unpaired) electrons. The summed E-state index contributed by atoms with van der Waals surface area (Å²) in [6.07, 6.45) is 0.526. The molecule has 3 rings (SSSR count). The van der Waals surface area contributed by atoms with Crippen LogP contribution in [0.3, 0.4) is 0 Å². The summed E-state index contributed by atoms with van der Waals surface area (Å²) in [7, 11) is 1.92. The molecule has 6 heteroatoms. The van der Waals surface area contributed by atoms with Crippen molar-refractivity contribution < 1.29 is 14.6 Å². The third kappa shape index (κ3) is 2.09. The Labute approximate surface area is 125 Å². The maximum Gasteiger partial charge on any atom is 0.231 e. The Bertz CT molecular complexity index is 667. The van der Waals surface area contributed by atoms with Crippen LogP contribution in [0.4, 0.5) is 0 Å². The Morgan fingerprint density at radius 2 is 2.05 bits per heavy atom. The van der Waals surface area contributed by atoms with Crippen LogP contribution in [0.1, 0.15) is 11.4 Å². The van der Waals surface area contributed by atoms with Crippen molar-refractivity contribution in [2.45, 2.75) is 13.3 Å². The van der Waals surface area contributed by atoms with E-state index in [2.05, 4.69) is 20.9 Å². The van der Waals surface area contributed by atoms with Gasteiger partial charge in [0, 0.05) is 19.0 Å². The maximum absolute atomic E-state index is 9.09. The van der Waals surface area contributed by atoms with Crippen LogP contribution >= 0.6 is 15.9 Å². The molecule has 1 aromatic heterocycles. The third-order valence-electron chi connectivity index (χ3n) is 3.43.